The Hall–Kier alpha value is -3.38. The van der Waals surface area contributed by atoms with Gasteiger partial charge in [-0.2, -0.15) is 5.26 Å². The fourth-order valence-corrected chi connectivity index (χ4v) is 2.49. The Morgan fingerprint density at radius 2 is 1.67 bits per heavy atom. The van der Waals surface area contributed by atoms with Crippen LogP contribution in [0.3, 0.4) is 0 Å². The van der Waals surface area contributed by atoms with E-state index in [1.54, 1.807) is 6.08 Å². The van der Waals surface area contributed by atoms with E-state index in [1.165, 1.54) is 0 Å². The minimum absolute atomic E-state index is 0.0983. The Labute approximate surface area is 140 Å². The van der Waals surface area contributed by atoms with Crippen molar-refractivity contribution in [2.24, 2.45) is 0 Å². The highest BCUT2D eigenvalue weighted by molar-refractivity contribution is 6.02. The van der Waals surface area contributed by atoms with E-state index in [0.717, 1.165) is 21.9 Å². The summed E-state index contributed by atoms with van der Waals surface area (Å²) >= 11 is 0. The summed E-state index contributed by atoms with van der Waals surface area (Å²) in [5.74, 6) is -0.366. The smallest absolute Gasteiger partial charge is 0.262 e. The third-order valence-electron chi connectivity index (χ3n) is 3.75. The number of carbonyl (C=O) groups excluding carboxylic acids is 1. The van der Waals surface area contributed by atoms with Crippen LogP contribution >= 0.6 is 0 Å². The van der Waals surface area contributed by atoms with E-state index < -0.39 is 0 Å². The molecule has 0 atom stereocenters. The molecule has 0 unspecified atom stereocenters. The lowest BCUT2D eigenvalue weighted by Gasteiger charge is -2.05. The number of nitrogens with zero attached hydrogens (tertiary/aromatic N) is 1. The summed E-state index contributed by atoms with van der Waals surface area (Å²) in [6, 6.07) is 25.4. The molecule has 0 radical (unpaired) electrons. The first-order valence-electron chi connectivity index (χ1n) is 7.69. The van der Waals surface area contributed by atoms with Crippen LogP contribution < -0.4 is 5.32 Å². The summed E-state index contributed by atoms with van der Waals surface area (Å²) in [7, 11) is 0. The molecule has 0 heterocycles. The SMILES string of the molecule is N#C/C(=C/c1ccc2ccccc2c1)C(=O)NCc1ccccc1. The first-order valence-corrected chi connectivity index (χ1v) is 7.69. The van der Waals surface area contributed by atoms with Gasteiger partial charge in [-0.05, 0) is 34.0 Å². The Kier molecular flexibility index (Phi) is 4.69. The van der Waals surface area contributed by atoms with Crippen molar-refractivity contribution in [3.63, 3.8) is 0 Å². The Balaban J connectivity index is 1.77. The number of fused-ring (bicyclic) bond motifs is 1. The highest BCUT2D eigenvalue weighted by Gasteiger charge is 2.08. The summed E-state index contributed by atoms with van der Waals surface area (Å²) in [6.07, 6.45) is 1.62. The molecule has 0 saturated carbocycles. The fraction of sp³-hybridized carbons (Fsp3) is 0.0476. The Morgan fingerprint density at radius 1 is 0.958 bits per heavy atom. The van der Waals surface area contributed by atoms with Crippen LogP contribution in [0.15, 0.2) is 78.4 Å². The van der Waals surface area contributed by atoms with E-state index in [4.69, 9.17) is 0 Å². The molecule has 0 aliphatic heterocycles. The second-order valence-corrected chi connectivity index (χ2v) is 5.44. The molecule has 116 valence electrons. The van der Waals surface area contributed by atoms with Gasteiger partial charge < -0.3 is 5.32 Å². The van der Waals surface area contributed by atoms with Gasteiger partial charge in [0, 0.05) is 6.54 Å². The summed E-state index contributed by atoms with van der Waals surface area (Å²) < 4.78 is 0. The minimum Gasteiger partial charge on any atom is -0.347 e. The number of nitriles is 1. The monoisotopic (exact) mass is 312 g/mol. The molecule has 0 aliphatic rings. The molecule has 0 saturated heterocycles. The van der Waals surface area contributed by atoms with Crippen LogP contribution in [0, 0.1) is 11.3 Å². The molecule has 0 fully saturated rings. The molecule has 0 spiro atoms. The van der Waals surface area contributed by atoms with Gasteiger partial charge >= 0.3 is 0 Å². The van der Waals surface area contributed by atoms with Gasteiger partial charge in [0.2, 0.25) is 0 Å². The van der Waals surface area contributed by atoms with Gasteiger partial charge in [0.1, 0.15) is 11.6 Å². The molecular formula is C21H16N2O. The van der Waals surface area contributed by atoms with E-state index in [2.05, 4.69) is 5.32 Å². The molecule has 1 N–H and O–H groups in total. The van der Waals surface area contributed by atoms with Crippen LogP contribution in [0.4, 0.5) is 0 Å². The first-order chi connectivity index (χ1) is 11.8. The third kappa shape index (κ3) is 3.68. The van der Waals surface area contributed by atoms with Crippen molar-refractivity contribution in [1.82, 2.24) is 5.32 Å². The lowest BCUT2D eigenvalue weighted by atomic mass is 10.0. The molecule has 3 heteroatoms. The van der Waals surface area contributed by atoms with Crippen molar-refractivity contribution >= 4 is 22.8 Å². The predicted octanol–water partition coefficient (Wildman–Crippen LogP) is 4.06. The highest BCUT2D eigenvalue weighted by atomic mass is 16.1. The molecule has 0 aromatic heterocycles. The maximum Gasteiger partial charge on any atom is 0.262 e. The number of benzene rings is 3. The Morgan fingerprint density at radius 3 is 2.42 bits per heavy atom. The van der Waals surface area contributed by atoms with Gasteiger partial charge in [-0.15, -0.1) is 0 Å². The van der Waals surface area contributed by atoms with Crippen molar-refractivity contribution in [3.8, 4) is 6.07 Å². The van der Waals surface area contributed by atoms with Crippen molar-refractivity contribution in [2.75, 3.05) is 0 Å². The van der Waals surface area contributed by atoms with Crippen molar-refractivity contribution in [3.05, 3.63) is 89.5 Å². The lowest BCUT2D eigenvalue weighted by molar-refractivity contribution is -0.117. The second-order valence-electron chi connectivity index (χ2n) is 5.44. The lowest BCUT2D eigenvalue weighted by Crippen LogP contribution is -2.23. The normalized spacial score (nSPS) is 11.0. The minimum atomic E-state index is -0.366. The zero-order valence-corrected chi connectivity index (χ0v) is 13.1. The quantitative estimate of drug-likeness (QED) is 0.583. The largest absolute Gasteiger partial charge is 0.347 e. The van der Waals surface area contributed by atoms with E-state index >= 15 is 0 Å². The van der Waals surface area contributed by atoms with Crippen LogP contribution in [-0.4, -0.2) is 5.91 Å². The van der Waals surface area contributed by atoms with Gasteiger partial charge in [0.25, 0.3) is 5.91 Å². The summed E-state index contributed by atoms with van der Waals surface area (Å²) in [6.45, 7) is 0.399. The number of carbonyl (C=O) groups is 1. The van der Waals surface area contributed by atoms with Gasteiger partial charge in [-0.3, -0.25) is 4.79 Å². The highest BCUT2D eigenvalue weighted by Crippen LogP contribution is 2.17. The number of amides is 1. The van der Waals surface area contributed by atoms with Crippen molar-refractivity contribution < 1.29 is 4.79 Å². The van der Waals surface area contributed by atoms with E-state index in [-0.39, 0.29) is 11.5 Å². The van der Waals surface area contributed by atoms with Crippen LogP contribution in [0.25, 0.3) is 16.8 Å². The van der Waals surface area contributed by atoms with Crippen LogP contribution in [0.2, 0.25) is 0 Å². The molecule has 24 heavy (non-hydrogen) atoms. The second kappa shape index (κ2) is 7.26. The topological polar surface area (TPSA) is 52.9 Å². The van der Waals surface area contributed by atoms with Crippen LogP contribution in [-0.2, 0) is 11.3 Å². The van der Waals surface area contributed by atoms with Crippen molar-refractivity contribution in [2.45, 2.75) is 6.54 Å². The number of nitrogens with one attached hydrogen (secondary N) is 1. The standard InChI is InChI=1S/C21H16N2O/c22-14-20(21(24)23-15-16-6-2-1-3-7-16)13-17-10-11-18-8-4-5-9-19(18)12-17/h1-13H,15H2,(H,23,24)/b20-13-. The van der Waals surface area contributed by atoms with Gasteiger partial charge in [-0.25, -0.2) is 0 Å². The molecule has 3 rings (SSSR count). The van der Waals surface area contributed by atoms with E-state index in [0.29, 0.717) is 6.54 Å². The summed E-state index contributed by atoms with van der Waals surface area (Å²) in [5, 5.41) is 14.3. The zero-order chi connectivity index (χ0) is 16.8. The van der Waals surface area contributed by atoms with E-state index in [9.17, 15) is 10.1 Å². The number of hydrogen-bond acceptors (Lipinski definition) is 2. The van der Waals surface area contributed by atoms with Crippen molar-refractivity contribution in [1.29, 1.82) is 5.26 Å². The third-order valence-corrected chi connectivity index (χ3v) is 3.75. The first kappa shape index (κ1) is 15.5. The maximum atomic E-state index is 12.2. The number of hydrogen-bond donors (Lipinski definition) is 1. The van der Waals surface area contributed by atoms with E-state index in [1.807, 2.05) is 78.9 Å². The molecule has 3 aromatic rings. The maximum absolute atomic E-state index is 12.2. The molecule has 0 bridgehead atoms. The van der Waals surface area contributed by atoms with Crippen LogP contribution in [0.5, 0.6) is 0 Å². The molecule has 1 amide bonds. The van der Waals surface area contributed by atoms with Gasteiger partial charge in [0.05, 0.1) is 0 Å². The molecular weight excluding hydrogens is 296 g/mol. The summed E-state index contributed by atoms with van der Waals surface area (Å²) in [5.41, 5.74) is 1.93. The number of rotatable bonds is 4. The molecule has 3 nitrogen and oxygen atoms in total. The average molecular weight is 312 g/mol. The molecule has 3 aromatic carbocycles. The Bertz CT molecular complexity index is 937. The zero-order valence-electron chi connectivity index (χ0n) is 13.1. The van der Waals surface area contributed by atoms with Gasteiger partial charge in [0.15, 0.2) is 0 Å². The molecule has 0 aliphatic carbocycles. The van der Waals surface area contributed by atoms with Gasteiger partial charge in [-0.1, -0.05) is 66.7 Å². The summed E-state index contributed by atoms with van der Waals surface area (Å²) in [4.78, 5) is 12.2. The fourth-order valence-electron chi connectivity index (χ4n) is 2.49. The van der Waals surface area contributed by atoms with Crippen LogP contribution in [0.1, 0.15) is 11.1 Å². The average Bonchev–Trinajstić information content (AvgIpc) is 2.65. The predicted molar refractivity (Wildman–Crippen MR) is 95.8 cm³/mol.